The number of anilines is 2. The minimum atomic E-state index is -0.399. The first-order valence-electron chi connectivity index (χ1n) is 6.90. The van der Waals surface area contributed by atoms with E-state index in [0.717, 1.165) is 5.56 Å². The van der Waals surface area contributed by atoms with Crippen LogP contribution in [0.15, 0.2) is 47.5 Å². The molecule has 8 nitrogen and oxygen atoms in total. The SMILES string of the molecule is Cc1cc(NC(=O)c2cnc(NCc3cccnc3)cn2)no1. The molecule has 3 heterocycles. The lowest BCUT2D eigenvalue weighted by atomic mass is 10.3. The molecule has 0 aliphatic carbocycles. The number of rotatable bonds is 5. The minimum Gasteiger partial charge on any atom is -0.365 e. The van der Waals surface area contributed by atoms with E-state index in [1.165, 1.54) is 12.4 Å². The van der Waals surface area contributed by atoms with Gasteiger partial charge in [0.25, 0.3) is 5.91 Å². The Balaban J connectivity index is 1.59. The van der Waals surface area contributed by atoms with Gasteiger partial charge in [-0.15, -0.1) is 0 Å². The van der Waals surface area contributed by atoms with Crippen LogP contribution in [0.5, 0.6) is 0 Å². The summed E-state index contributed by atoms with van der Waals surface area (Å²) < 4.78 is 4.88. The third-order valence-corrected chi connectivity index (χ3v) is 2.95. The lowest BCUT2D eigenvalue weighted by Gasteiger charge is -2.05. The molecule has 8 heteroatoms. The maximum absolute atomic E-state index is 12.0. The van der Waals surface area contributed by atoms with E-state index in [0.29, 0.717) is 23.9 Å². The molecular weight excluding hydrogens is 296 g/mol. The number of hydrogen-bond donors (Lipinski definition) is 2. The van der Waals surface area contributed by atoms with Crippen molar-refractivity contribution in [3.05, 3.63) is 60.0 Å². The highest BCUT2D eigenvalue weighted by Crippen LogP contribution is 2.09. The number of nitrogens with zero attached hydrogens (tertiary/aromatic N) is 4. The zero-order chi connectivity index (χ0) is 16.1. The molecular formula is C15H14N6O2. The summed E-state index contributed by atoms with van der Waals surface area (Å²) in [6.07, 6.45) is 6.38. The fraction of sp³-hybridized carbons (Fsp3) is 0.133. The summed E-state index contributed by atoms with van der Waals surface area (Å²) in [7, 11) is 0. The molecule has 0 aromatic carbocycles. The van der Waals surface area contributed by atoms with Crippen molar-refractivity contribution < 1.29 is 9.32 Å². The Morgan fingerprint density at radius 2 is 2.13 bits per heavy atom. The quantitative estimate of drug-likeness (QED) is 0.742. The third-order valence-electron chi connectivity index (χ3n) is 2.95. The van der Waals surface area contributed by atoms with E-state index in [2.05, 4.69) is 30.7 Å². The Bertz CT molecular complexity index is 785. The number of pyridine rings is 1. The van der Waals surface area contributed by atoms with Crippen molar-refractivity contribution in [2.75, 3.05) is 10.6 Å². The largest absolute Gasteiger partial charge is 0.365 e. The lowest BCUT2D eigenvalue weighted by molar-refractivity contribution is 0.102. The molecule has 0 atom stereocenters. The number of amides is 1. The number of carbonyl (C=O) groups is 1. The summed E-state index contributed by atoms with van der Waals surface area (Å²) in [5.74, 6) is 1.13. The van der Waals surface area contributed by atoms with E-state index in [1.807, 2.05) is 12.1 Å². The maximum atomic E-state index is 12.0. The highest BCUT2D eigenvalue weighted by molar-refractivity contribution is 6.02. The van der Waals surface area contributed by atoms with Gasteiger partial charge in [-0.05, 0) is 18.6 Å². The molecule has 1 amide bonds. The molecule has 0 saturated carbocycles. The van der Waals surface area contributed by atoms with Crippen LogP contribution in [0.25, 0.3) is 0 Å². The van der Waals surface area contributed by atoms with E-state index >= 15 is 0 Å². The summed E-state index contributed by atoms with van der Waals surface area (Å²) in [6, 6.07) is 5.44. The molecule has 0 unspecified atom stereocenters. The van der Waals surface area contributed by atoms with E-state index < -0.39 is 5.91 Å². The second-order valence-corrected chi connectivity index (χ2v) is 4.78. The molecule has 0 fully saturated rings. The lowest BCUT2D eigenvalue weighted by Crippen LogP contribution is -2.14. The Morgan fingerprint density at radius 3 is 2.78 bits per heavy atom. The van der Waals surface area contributed by atoms with E-state index in [1.54, 1.807) is 25.4 Å². The molecule has 0 aliphatic heterocycles. The molecule has 0 spiro atoms. The molecule has 3 aromatic rings. The smallest absolute Gasteiger partial charge is 0.277 e. The van der Waals surface area contributed by atoms with Crippen molar-refractivity contribution in [1.82, 2.24) is 20.1 Å². The molecule has 0 bridgehead atoms. The Labute approximate surface area is 132 Å². The predicted octanol–water partition coefficient (Wildman–Crippen LogP) is 2.03. The van der Waals surface area contributed by atoms with Crippen LogP contribution in [0, 0.1) is 6.92 Å². The van der Waals surface area contributed by atoms with Crippen molar-refractivity contribution in [3.8, 4) is 0 Å². The minimum absolute atomic E-state index is 0.192. The average molecular weight is 310 g/mol. The van der Waals surface area contributed by atoms with Crippen molar-refractivity contribution in [3.63, 3.8) is 0 Å². The Morgan fingerprint density at radius 1 is 1.22 bits per heavy atom. The fourth-order valence-corrected chi connectivity index (χ4v) is 1.84. The van der Waals surface area contributed by atoms with Crippen molar-refractivity contribution in [2.45, 2.75) is 13.5 Å². The van der Waals surface area contributed by atoms with Gasteiger partial charge in [-0.25, -0.2) is 9.97 Å². The van der Waals surface area contributed by atoms with Gasteiger partial charge in [0.15, 0.2) is 5.82 Å². The summed E-state index contributed by atoms with van der Waals surface area (Å²) in [5, 5.41) is 9.38. The Hall–Kier alpha value is -3.29. The monoisotopic (exact) mass is 310 g/mol. The van der Waals surface area contributed by atoms with E-state index in [4.69, 9.17) is 4.52 Å². The first kappa shape index (κ1) is 14.6. The van der Waals surface area contributed by atoms with Crippen LogP contribution in [0.3, 0.4) is 0 Å². The summed E-state index contributed by atoms with van der Waals surface area (Å²) in [5.41, 5.74) is 1.22. The first-order valence-corrected chi connectivity index (χ1v) is 6.90. The fourth-order valence-electron chi connectivity index (χ4n) is 1.84. The van der Waals surface area contributed by atoms with Crippen LogP contribution in [0.1, 0.15) is 21.8 Å². The van der Waals surface area contributed by atoms with Crippen LogP contribution < -0.4 is 10.6 Å². The standard InChI is InChI=1S/C15H14N6O2/c1-10-5-13(21-23-10)20-15(22)12-8-19-14(9-17-12)18-7-11-3-2-4-16-6-11/h2-6,8-9H,7H2,1H3,(H,18,19)(H,20,21,22). The second kappa shape index (κ2) is 6.65. The maximum Gasteiger partial charge on any atom is 0.277 e. The van der Waals surface area contributed by atoms with Gasteiger partial charge in [0.1, 0.15) is 17.3 Å². The van der Waals surface area contributed by atoms with Crippen LogP contribution in [0.4, 0.5) is 11.6 Å². The summed E-state index contributed by atoms with van der Waals surface area (Å²) in [4.78, 5) is 24.3. The number of aromatic nitrogens is 4. The second-order valence-electron chi connectivity index (χ2n) is 4.78. The number of aryl methyl sites for hydroxylation is 1. The molecule has 2 N–H and O–H groups in total. The van der Waals surface area contributed by atoms with Crippen molar-refractivity contribution in [1.29, 1.82) is 0 Å². The van der Waals surface area contributed by atoms with Gasteiger partial charge in [-0.3, -0.25) is 9.78 Å². The van der Waals surface area contributed by atoms with Gasteiger partial charge in [0, 0.05) is 25.0 Å². The topological polar surface area (TPSA) is 106 Å². The van der Waals surface area contributed by atoms with Gasteiger partial charge in [-0.1, -0.05) is 11.2 Å². The van der Waals surface area contributed by atoms with Crippen LogP contribution in [0.2, 0.25) is 0 Å². The molecule has 0 radical (unpaired) electrons. The predicted molar refractivity (Wildman–Crippen MR) is 82.8 cm³/mol. The summed E-state index contributed by atoms with van der Waals surface area (Å²) >= 11 is 0. The molecule has 0 aliphatic rings. The van der Waals surface area contributed by atoms with Gasteiger partial charge in [-0.2, -0.15) is 0 Å². The Kier molecular flexibility index (Phi) is 4.23. The first-order chi connectivity index (χ1) is 11.2. The van der Waals surface area contributed by atoms with Gasteiger partial charge in [0.2, 0.25) is 0 Å². The van der Waals surface area contributed by atoms with E-state index in [-0.39, 0.29) is 5.69 Å². The van der Waals surface area contributed by atoms with Crippen LogP contribution >= 0.6 is 0 Å². The summed E-state index contributed by atoms with van der Waals surface area (Å²) in [6.45, 7) is 2.32. The highest BCUT2D eigenvalue weighted by atomic mass is 16.5. The normalized spacial score (nSPS) is 10.3. The molecule has 0 saturated heterocycles. The van der Waals surface area contributed by atoms with Crippen molar-refractivity contribution in [2.24, 2.45) is 0 Å². The van der Waals surface area contributed by atoms with Crippen LogP contribution in [-0.4, -0.2) is 26.0 Å². The molecule has 23 heavy (non-hydrogen) atoms. The van der Waals surface area contributed by atoms with Crippen molar-refractivity contribution >= 4 is 17.5 Å². The molecule has 116 valence electrons. The number of hydrogen-bond acceptors (Lipinski definition) is 7. The van der Waals surface area contributed by atoms with E-state index in [9.17, 15) is 4.79 Å². The number of carbonyl (C=O) groups excluding carboxylic acids is 1. The zero-order valence-electron chi connectivity index (χ0n) is 12.4. The van der Waals surface area contributed by atoms with Crippen LogP contribution in [-0.2, 0) is 6.54 Å². The van der Waals surface area contributed by atoms with Gasteiger partial charge in [0.05, 0.1) is 12.4 Å². The molecule has 3 rings (SSSR count). The van der Waals surface area contributed by atoms with Gasteiger partial charge < -0.3 is 15.2 Å². The highest BCUT2D eigenvalue weighted by Gasteiger charge is 2.10. The molecule has 3 aromatic heterocycles. The zero-order valence-corrected chi connectivity index (χ0v) is 12.4. The average Bonchev–Trinajstić information content (AvgIpc) is 2.99. The third kappa shape index (κ3) is 3.88. The van der Waals surface area contributed by atoms with Gasteiger partial charge >= 0.3 is 0 Å². The number of nitrogens with one attached hydrogen (secondary N) is 2.